The van der Waals surface area contributed by atoms with Crippen LogP contribution >= 0.6 is 0 Å². The van der Waals surface area contributed by atoms with Crippen LogP contribution in [0, 0.1) is 5.82 Å². The number of benzene rings is 3. The number of nitrogens with one attached hydrogen (secondary N) is 2. The molecule has 0 fully saturated rings. The van der Waals surface area contributed by atoms with Gasteiger partial charge in [-0.15, -0.1) is 0 Å². The summed E-state index contributed by atoms with van der Waals surface area (Å²) < 4.78 is 51.4. The zero-order chi connectivity index (χ0) is 30.8. The summed E-state index contributed by atoms with van der Waals surface area (Å²) in [6.45, 7) is 2.81. The summed E-state index contributed by atoms with van der Waals surface area (Å²) in [5, 5.41) is 17.3. The summed E-state index contributed by atoms with van der Waals surface area (Å²) in [7, 11) is -4.39. The smallest absolute Gasteiger partial charge is 0.295 e. The molecule has 0 radical (unpaired) electrons. The summed E-state index contributed by atoms with van der Waals surface area (Å²) in [4.78, 5) is 16.3. The molecule has 0 aliphatic carbocycles. The molecule has 10 nitrogen and oxygen atoms in total. The van der Waals surface area contributed by atoms with Gasteiger partial charge in [0.05, 0.1) is 18.4 Å². The Morgan fingerprint density at radius 3 is 2.53 bits per heavy atom. The first-order valence-corrected chi connectivity index (χ1v) is 14.9. The van der Waals surface area contributed by atoms with Crippen LogP contribution in [0.5, 0.6) is 11.5 Å². The van der Waals surface area contributed by atoms with Gasteiger partial charge in [0.2, 0.25) is 0 Å². The second-order valence-electron chi connectivity index (χ2n) is 9.46. The topological polar surface area (TPSA) is 150 Å². The quantitative estimate of drug-likeness (QED) is 0.0680. The maximum Gasteiger partial charge on any atom is 0.295 e. The van der Waals surface area contributed by atoms with Crippen LogP contribution < -0.4 is 15.5 Å². The minimum atomic E-state index is -4.39. The number of hydrazone groups is 1. The van der Waals surface area contributed by atoms with Gasteiger partial charge in [0.25, 0.3) is 16.0 Å². The van der Waals surface area contributed by atoms with Crippen LogP contribution in [0.4, 0.5) is 10.2 Å². The van der Waals surface area contributed by atoms with Crippen molar-refractivity contribution < 1.29 is 32.0 Å². The Morgan fingerprint density at radius 2 is 1.84 bits per heavy atom. The van der Waals surface area contributed by atoms with Crippen molar-refractivity contribution in [1.29, 1.82) is 0 Å². The molecule has 0 aliphatic rings. The van der Waals surface area contributed by atoms with Crippen molar-refractivity contribution in [2.45, 2.75) is 31.1 Å². The number of amides is 1. The average molecular weight is 607 g/mol. The zero-order valence-corrected chi connectivity index (χ0v) is 24.1. The SMILES string of the molecule is CCc1cc(-c2ccc(F)cc2)c(O)cc1OCCCCNC(=O)c1ccc(N/N=C/c2ccccc2S(=O)(=O)O)nc1. The van der Waals surface area contributed by atoms with E-state index in [1.165, 1.54) is 42.7 Å². The van der Waals surface area contributed by atoms with Crippen molar-refractivity contribution in [1.82, 2.24) is 10.3 Å². The van der Waals surface area contributed by atoms with Crippen LogP contribution in [0.15, 0.2) is 89.0 Å². The van der Waals surface area contributed by atoms with E-state index >= 15 is 0 Å². The first-order valence-electron chi connectivity index (χ1n) is 13.5. The molecule has 4 aromatic rings. The number of hydrogen-bond acceptors (Lipinski definition) is 8. The first-order chi connectivity index (χ1) is 20.7. The van der Waals surface area contributed by atoms with Crippen molar-refractivity contribution in [2.75, 3.05) is 18.6 Å². The third-order valence-electron chi connectivity index (χ3n) is 6.43. The number of ether oxygens (including phenoxy) is 1. The molecule has 4 N–H and O–H groups in total. The van der Waals surface area contributed by atoms with Crippen molar-refractivity contribution >= 4 is 28.1 Å². The summed E-state index contributed by atoms with van der Waals surface area (Å²) in [5.41, 5.74) is 5.44. The summed E-state index contributed by atoms with van der Waals surface area (Å²) >= 11 is 0. The Hall–Kier alpha value is -4.81. The third kappa shape index (κ3) is 8.60. The van der Waals surface area contributed by atoms with Crippen LogP contribution in [-0.2, 0) is 16.5 Å². The van der Waals surface area contributed by atoms with E-state index in [0.717, 1.165) is 5.56 Å². The lowest BCUT2D eigenvalue weighted by molar-refractivity contribution is 0.0952. The second kappa shape index (κ2) is 14.4. The van der Waals surface area contributed by atoms with E-state index in [4.69, 9.17) is 4.74 Å². The van der Waals surface area contributed by atoms with Gasteiger partial charge in [0, 0.05) is 29.9 Å². The number of rotatable bonds is 13. The van der Waals surface area contributed by atoms with E-state index in [1.807, 2.05) is 13.0 Å². The molecule has 43 heavy (non-hydrogen) atoms. The number of aromatic nitrogens is 1. The monoisotopic (exact) mass is 606 g/mol. The van der Waals surface area contributed by atoms with E-state index in [1.54, 1.807) is 36.4 Å². The molecular formula is C31H31FN4O6S. The van der Waals surface area contributed by atoms with Gasteiger partial charge in [-0.05, 0) is 66.8 Å². The highest BCUT2D eigenvalue weighted by atomic mass is 32.2. The van der Waals surface area contributed by atoms with Crippen LogP contribution in [0.25, 0.3) is 11.1 Å². The number of unbranched alkanes of at least 4 members (excludes halogenated alkanes) is 1. The fraction of sp³-hybridized carbons (Fsp3) is 0.194. The molecule has 4 rings (SSSR count). The van der Waals surface area contributed by atoms with Crippen molar-refractivity contribution in [3.05, 3.63) is 102 Å². The molecule has 1 aromatic heterocycles. The Balaban J connectivity index is 1.21. The van der Waals surface area contributed by atoms with Gasteiger partial charge in [0.15, 0.2) is 0 Å². The van der Waals surface area contributed by atoms with Gasteiger partial charge in [-0.1, -0.05) is 37.3 Å². The number of carbonyl (C=O) groups excluding carboxylic acids is 1. The number of aromatic hydroxyl groups is 1. The molecule has 0 spiro atoms. The number of carbonyl (C=O) groups is 1. The predicted molar refractivity (Wildman–Crippen MR) is 162 cm³/mol. The molecule has 0 bridgehead atoms. The third-order valence-corrected chi connectivity index (χ3v) is 7.36. The van der Waals surface area contributed by atoms with Gasteiger partial charge in [0.1, 0.15) is 28.0 Å². The van der Waals surface area contributed by atoms with Crippen LogP contribution in [-0.4, -0.2) is 48.3 Å². The van der Waals surface area contributed by atoms with E-state index in [0.29, 0.717) is 60.7 Å². The standard InChI is InChI=1S/C31H31FN4O6S/c1-2-21-17-26(22-9-12-25(32)13-10-22)27(37)18-28(21)42-16-6-5-15-33-31(38)24-11-14-30(34-19-24)36-35-20-23-7-3-4-8-29(23)43(39,40)41/h3-4,7-14,17-20,37H,2,5-6,15-16H2,1H3,(H,33,38)(H,34,36)(H,39,40,41)/b35-20+. The lowest BCUT2D eigenvalue weighted by atomic mass is 10.00. The Labute approximate surface area is 249 Å². The highest BCUT2D eigenvalue weighted by Crippen LogP contribution is 2.36. The molecule has 3 aromatic carbocycles. The number of pyridine rings is 1. The fourth-order valence-corrected chi connectivity index (χ4v) is 4.85. The largest absolute Gasteiger partial charge is 0.507 e. The zero-order valence-electron chi connectivity index (χ0n) is 23.3. The van der Waals surface area contributed by atoms with Crippen LogP contribution in [0.2, 0.25) is 0 Å². The molecule has 1 heterocycles. The van der Waals surface area contributed by atoms with E-state index < -0.39 is 10.1 Å². The number of phenols is 1. The summed E-state index contributed by atoms with van der Waals surface area (Å²) in [6.07, 6.45) is 4.65. The number of halogens is 1. The fourth-order valence-electron chi connectivity index (χ4n) is 4.18. The molecule has 0 unspecified atom stereocenters. The van der Waals surface area contributed by atoms with Crippen LogP contribution in [0.1, 0.15) is 41.3 Å². The maximum absolute atomic E-state index is 13.3. The summed E-state index contributed by atoms with van der Waals surface area (Å²) in [6, 6.07) is 18.3. The lowest BCUT2D eigenvalue weighted by Gasteiger charge is -2.14. The molecule has 0 aliphatic heterocycles. The minimum absolute atomic E-state index is 0.0511. The molecule has 12 heteroatoms. The number of phenolic OH excluding ortho intramolecular Hbond substituents is 1. The van der Waals surface area contributed by atoms with Gasteiger partial charge in [-0.25, -0.2) is 9.37 Å². The van der Waals surface area contributed by atoms with Crippen molar-refractivity contribution in [3.8, 4) is 22.6 Å². The highest BCUT2D eigenvalue weighted by molar-refractivity contribution is 7.86. The highest BCUT2D eigenvalue weighted by Gasteiger charge is 2.14. The minimum Gasteiger partial charge on any atom is -0.507 e. The Kier molecular flexibility index (Phi) is 10.4. The lowest BCUT2D eigenvalue weighted by Crippen LogP contribution is -2.24. The molecule has 224 valence electrons. The van der Waals surface area contributed by atoms with Crippen LogP contribution in [0.3, 0.4) is 0 Å². The molecule has 0 saturated carbocycles. The van der Waals surface area contributed by atoms with Crippen molar-refractivity contribution in [2.24, 2.45) is 5.10 Å². The maximum atomic E-state index is 13.3. The molecule has 0 atom stereocenters. The van der Waals surface area contributed by atoms with Gasteiger partial charge < -0.3 is 15.2 Å². The van der Waals surface area contributed by atoms with Gasteiger partial charge in [-0.2, -0.15) is 13.5 Å². The number of anilines is 1. The number of hydrogen-bond donors (Lipinski definition) is 4. The van der Waals surface area contributed by atoms with Gasteiger partial charge >= 0.3 is 0 Å². The first kappa shape index (κ1) is 31.1. The Morgan fingerprint density at radius 1 is 1.07 bits per heavy atom. The van der Waals surface area contributed by atoms with Crippen molar-refractivity contribution in [3.63, 3.8) is 0 Å². The Bertz CT molecular complexity index is 1690. The average Bonchev–Trinajstić information content (AvgIpc) is 2.99. The summed E-state index contributed by atoms with van der Waals surface area (Å²) in [5.74, 6) is 0.333. The molecule has 1 amide bonds. The van der Waals surface area contributed by atoms with E-state index in [-0.39, 0.29) is 27.9 Å². The number of aryl methyl sites for hydroxylation is 1. The number of nitrogens with zero attached hydrogens (tertiary/aromatic N) is 2. The van der Waals surface area contributed by atoms with E-state index in [9.17, 15) is 27.3 Å². The van der Waals surface area contributed by atoms with E-state index in [2.05, 4.69) is 20.8 Å². The molecular weight excluding hydrogens is 575 g/mol. The second-order valence-corrected chi connectivity index (χ2v) is 10.9. The van der Waals surface area contributed by atoms with Gasteiger partial charge in [-0.3, -0.25) is 14.8 Å². The normalized spacial score (nSPS) is 11.4. The predicted octanol–water partition coefficient (Wildman–Crippen LogP) is 5.44. The molecule has 0 saturated heterocycles.